The minimum absolute atomic E-state index is 0. The molecule has 5 nitrogen and oxygen atoms in total. The molecule has 1 saturated heterocycles. The predicted molar refractivity (Wildman–Crippen MR) is 120 cm³/mol. The van der Waals surface area contributed by atoms with Gasteiger partial charge in [-0.25, -0.2) is 0 Å². The number of nitrogens with one attached hydrogen (secondary N) is 2. The van der Waals surface area contributed by atoms with Crippen molar-refractivity contribution >= 4 is 29.9 Å². The molecule has 1 heterocycles. The number of benzene rings is 1. The number of ether oxygens (including phenoxy) is 1. The van der Waals surface area contributed by atoms with Crippen molar-refractivity contribution in [1.82, 2.24) is 15.5 Å². The lowest BCUT2D eigenvalue weighted by molar-refractivity contribution is 0.145. The summed E-state index contributed by atoms with van der Waals surface area (Å²) in [6.45, 7) is 10.6. The molecule has 1 aliphatic rings. The van der Waals surface area contributed by atoms with Crippen molar-refractivity contribution in [3.05, 3.63) is 35.9 Å². The molecule has 1 fully saturated rings. The highest BCUT2D eigenvalue weighted by Gasteiger charge is 2.23. The summed E-state index contributed by atoms with van der Waals surface area (Å²) in [6, 6.07) is 11.1. The normalized spacial score (nSPS) is 16.2. The van der Waals surface area contributed by atoms with Gasteiger partial charge in [0.1, 0.15) is 0 Å². The molecule has 0 aromatic heterocycles. The largest absolute Gasteiger partial charge is 0.382 e. The molecule has 26 heavy (non-hydrogen) atoms. The van der Waals surface area contributed by atoms with Crippen molar-refractivity contribution in [1.29, 1.82) is 0 Å². The van der Waals surface area contributed by atoms with Crippen molar-refractivity contribution < 1.29 is 4.74 Å². The zero-order valence-electron chi connectivity index (χ0n) is 16.2. The lowest BCUT2D eigenvalue weighted by Crippen LogP contribution is -2.39. The first-order valence-electron chi connectivity index (χ1n) is 9.74. The van der Waals surface area contributed by atoms with Crippen molar-refractivity contribution in [3.8, 4) is 0 Å². The smallest absolute Gasteiger partial charge is 0.191 e. The van der Waals surface area contributed by atoms with Gasteiger partial charge in [0, 0.05) is 26.3 Å². The number of halogens is 1. The van der Waals surface area contributed by atoms with E-state index in [0.717, 1.165) is 45.2 Å². The van der Waals surface area contributed by atoms with Crippen LogP contribution in [0.15, 0.2) is 35.3 Å². The van der Waals surface area contributed by atoms with Gasteiger partial charge in [-0.2, -0.15) is 0 Å². The fraction of sp³-hybridized carbons (Fsp3) is 0.650. The minimum atomic E-state index is 0. The third-order valence-corrected chi connectivity index (χ3v) is 4.49. The van der Waals surface area contributed by atoms with Gasteiger partial charge >= 0.3 is 0 Å². The Morgan fingerprint density at radius 3 is 2.54 bits per heavy atom. The lowest BCUT2D eigenvalue weighted by Gasteiger charge is -2.27. The Balaban J connectivity index is 0.00000338. The Morgan fingerprint density at radius 1 is 1.15 bits per heavy atom. The molecule has 148 valence electrons. The van der Waals surface area contributed by atoms with Crippen LogP contribution in [-0.2, 0) is 4.74 Å². The van der Waals surface area contributed by atoms with E-state index in [4.69, 9.17) is 9.73 Å². The van der Waals surface area contributed by atoms with Gasteiger partial charge < -0.3 is 15.4 Å². The third-order valence-electron chi connectivity index (χ3n) is 4.49. The molecule has 0 aliphatic carbocycles. The van der Waals surface area contributed by atoms with Crippen molar-refractivity contribution in [3.63, 3.8) is 0 Å². The average Bonchev–Trinajstić information content (AvgIpc) is 3.17. The molecule has 1 aliphatic heterocycles. The average molecular weight is 474 g/mol. The summed E-state index contributed by atoms with van der Waals surface area (Å²) in [6.07, 6.45) is 3.58. The molecule has 2 N–H and O–H groups in total. The van der Waals surface area contributed by atoms with E-state index in [-0.39, 0.29) is 24.0 Å². The Morgan fingerprint density at radius 2 is 1.88 bits per heavy atom. The van der Waals surface area contributed by atoms with Crippen LogP contribution < -0.4 is 10.6 Å². The molecule has 0 spiro atoms. The van der Waals surface area contributed by atoms with Crippen LogP contribution in [0.3, 0.4) is 0 Å². The quantitative estimate of drug-likeness (QED) is 0.236. The third kappa shape index (κ3) is 8.22. The van der Waals surface area contributed by atoms with Gasteiger partial charge in [-0.3, -0.25) is 9.89 Å². The Labute approximate surface area is 176 Å². The molecule has 6 heteroatoms. The van der Waals surface area contributed by atoms with E-state index in [0.29, 0.717) is 6.04 Å². The van der Waals surface area contributed by atoms with Crippen LogP contribution in [0.2, 0.25) is 0 Å². The Bertz CT molecular complexity index is 492. The maximum atomic E-state index is 5.39. The van der Waals surface area contributed by atoms with E-state index in [9.17, 15) is 0 Å². The number of hydrogen-bond donors (Lipinski definition) is 2. The second-order valence-corrected chi connectivity index (χ2v) is 6.37. The molecule has 0 amide bonds. The zero-order chi connectivity index (χ0) is 17.7. The molecule has 0 bridgehead atoms. The highest BCUT2D eigenvalue weighted by molar-refractivity contribution is 14.0. The van der Waals surface area contributed by atoms with E-state index in [2.05, 4.69) is 52.8 Å². The summed E-state index contributed by atoms with van der Waals surface area (Å²) in [7, 11) is 0. The molecule has 1 unspecified atom stereocenters. The number of hydrogen-bond acceptors (Lipinski definition) is 3. The van der Waals surface area contributed by atoms with Crippen LogP contribution in [0.5, 0.6) is 0 Å². The Hall–Kier alpha value is -0.860. The number of nitrogens with zero attached hydrogens (tertiary/aromatic N) is 2. The molecule has 1 aromatic carbocycles. The molecular weight excluding hydrogens is 439 g/mol. The number of aliphatic imine (C=N–C) groups is 1. The molecule has 1 atom stereocenters. The molecule has 0 radical (unpaired) electrons. The molecule has 2 rings (SSSR count). The van der Waals surface area contributed by atoms with Gasteiger partial charge in [0.2, 0.25) is 0 Å². The molecular formula is C20H35IN4O. The molecule has 1 aromatic rings. The first kappa shape index (κ1) is 23.2. The van der Waals surface area contributed by atoms with Crippen LogP contribution in [0.25, 0.3) is 0 Å². The Kier molecular flexibility index (Phi) is 12.7. The second kappa shape index (κ2) is 14.2. The van der Waals surface area contributed by atoms with Crippen LogP contribution in [-0.4, -0.2) is 56.8 Å². The SMILES string of the molecule is CCNC(=NCC(c1ccccc1)N1CCCC1)NCCCOCC.I. The van der Waals surface area contributed by atoms with E-state index >= 15 is 0 Å². The standard InChI is InChI=1S/C20H34N4O.HI/c1-3-21-20(22-13-10-16-25-4-2)23-17-19(24-14-8-9-15-24)18-11-6-5-7-12-18;/h5-7,11-12,19H,3-4,8-10,13-17H2,1-2H3,(H2,21,22,23);1H. The summed E-state index contributed by atoms with van der Waals surface area (Å²) < 4.78 is 5.39. The van der Waals surface area contributed by atoms with Crippen LogP contribution in [0.4, 0.5) is 0 Å². The van der Waals surface area contributed by atoms with Gasteiger partial charge in [-0.1, -0.05) is 30.3 Å². The highest BCUT2D eigenvalue weighted by Crippen LogP contribution is 2.25. The zero-order valence-corrected chi connectivity index (χ0v) is 18.6. The van der Waals surface area contributed by atoms with E-state index in [1.54, 1.807) is 0 Å². The van der Waals surface area contributed by atoms with Crippen LogP contribution in [0.1, 0.15) is 44.7 Å². The summed E-state index contributed by atoms with van der Waals surface area (Å²) in [5.74, 6) is 0.902. The monoisotopic (exact) mass is 474 g/mol. The maximum Gasteiger partial charge on any atom is 0.191 e. The number of rotatable bonds is 10. The molecule has 0 saturated carbocycles. The van der Waals surface area contributed by atoms with Crippen LogP contribution in [0, 0.1) is 0 Å². The van der Waals surface area contributed by atoms with Gasteiger partial charge in [0.05, 0.1) is 12.6 Å². The topological polar surface area (TPSA) is 48.9 Å². The highest BCUT2D eigenvalue weighted by atomic mass is 127. The van der Waals surface area contributed by atoms with E-state index < -0.39 is 0 Å². The van der Waals surface area contributed by atoms with E-state index in [1.165, 1.54) is 31.5 Å². The van der Waals surface area contributed by atoms with Crippen molar-refractivity contribution in [2.45, 2.75) is 39.2 Å². The lowest BCUT2D eigenvalue weighted by atomic mass is 10.1. The maximum absolute atomic E-state index is 5.39. The van der Waals surface area contributed by atoms with Gasteiger partial charge in [-0.15, -0.1) is 24.0 Å². The summed E-state index contributed by atoms with van der Waals surface area (Å²) in [5.41, 5.74) is 1.36. The first-order valence-corrected chi connectivity index (χ1v) is 9.74. The first-order chi connectivity index (χ1) is 12.3. The number of likely N-dealkylation sites (tertiary alicyclic amines) is 1. The second-order valence-electron chi connectivity index (χ2n) is 6.37. The van der Waals surface area contributed by atoms with Gasteiger partial charge in [0.15, 0.2) is 5.96 Å². The van der Waals surface area contributed by atoms with Gasteiger partial charge in [0.25, 0.3) is 0 Å². The summed E-state index contributed by atoms with van der Waals surface area (Å²) >= 11 is 0. The minimum Gasteiger partial charge on any atom is -0.382 e. The predicted octanol–water partition coefficient (Wildman–Crippen LogP) is 3.42. The van der Waals surface area contributed by atoms with Crippen LogP contribution >= 0.6 is 24.0 Å². The summed E-state index contributed by atoms with van der Waals surface area (Å²) in [4.78, 5) is 7.43. The fourth-order valence-electron chi connectivity index (χ4n) is 3.21. The summed E-state index contributed by atoms with van der Waals surface area (Å²) in [5, 5.41) is 6.77. The number of guanidine groups is 1. The van der Waals surface area contributed by atoms with Crippen molar-refractivity contribution in [2.24, 2.45) is 4.99 Å². The van der Waals surface area contributed by atoms with Gasteiger partial charge in [-0.05, 0) is 51.8 Å². The fourth-order valence-corrected chi connectivity index (χ4v) is 3.21. The van der Waals surface area contributed by atoms with E-state index in [1.807, 2.05) is 6.92 Å². The van der Waals surface area contributed by atoms with Crippen molar-refractivity contribution in [2.75, 3.05) is 45.9 Å².